The molecular formula is C29H22F2O. The molecule has 0 aliphatic heterocycles. The highest BCUT2D eigenvalue weighted by Gasteiger charge is 2.05. The van der Waals surface area contributed by atoms with E-state index in [4.69, 9.17) is 6.42 Å². The maximum atomic E-state index is 13.6. The zero-order chi connectivity index (χ0) is 23.1. The summed E-state index contributed by atoms with van der Waals surface area (Å²) >= 11 is 0. The van der Waals surface area contributed by atoms with Crippen molar-refractivity contribution in [1.29, 1.82) is 0 Å². The van der Waals surface area contributed by atoms with Crippen molar-refractivity contribution in [3.05, 3.63) is 119 Å². The van der Waals surface area contributed by atoms with Crippen LogP contribution >= 0.6 is 0 Å². The van der Waals surface area contributed by atoms with E-state index in [1.165, 1.54) is 12.1 Å². The second kappa shape index (κ2) is 10.3. The number of halogens is 2. The third-order valence-corrected chi connectivity index (χ3v) is 4.96. The molecule has 1 nitrogen and oxygen atoms in total. The summed E-state index contributed by atoms with van der Waals surface area (Å²) in [5.74, 6) is 2.08. The molecule has 3 heteroatoms. The lowest BCUT2D eigenvalue weighted by molar-refractivity contribution is 0.112. The van der Waals surface area contributed by atoms with E-state index in [1.54, 1.807) is 42.5 Å². The monoisotopic (exact) mass is 424 g/mol. The van der Waals surface area contributed by atoms with Crippen LogP contribution in [-0.4, -0.2) is 6.29 Å². The number of hydrogen-bond acceptors (Lipinski definition) is 1. The van der Waals surface area contributed by atoms with Crippen molar-refractivity contribution in [3.8, 4) is 34.6 Å². The summed E-state index contributed by atoms with van der Waals surface area (Å²) in [5, 5.41) is 0. The van der Waals surface area contributed by atoms with Crippen molar-refractivity contribution >= 4 is 6.29 Å². The first-order valence-electron chi connectivity index (χ1n) is 10.1. The predicted octanol–water partition coefficient (Wildman–Crippen LogP) is 7.40. The van der Waals surface area contributed by atoms with Gasteiger partial charge in [-0.3, -0.25) is 4.79 Å². The molecule has 0 fully saturated rings. The number of hydrogen-bond donors (Lipinski definition) is 0. The summed E-state index contributed by atoms with van der Waals surface area (Å²) in [6, 6.07) is 24.3. The highest BCUT2D eigenvalue weighted by atomic mass is 19.1. The van der Waals surface area contributed by atoms with E-state index in [0.29, 0.717) is 16.7 Å². The van der Waals surface area contributed by atoms with Gasteiger partial charge in [-0.25, -0.2) is 8.78 Å². The number of carbonyl (C=O) groups excluding carboxylic acids is 1. The van der Waals surface area contributed by atoms with Gasteiger partial charge in [0, 0.05) is 22.3 Å². The Balaban J connectivity index is 0.000000181. The minimum absolute atomic E-state index is 0.209. The molecule has 0 aliphatic carbocycles. The van der Waals surface area contributed by atoms with E-state index < -0.39 is 0 Å². The summed E-state index contributed by atoms with van der Waals surface area (Å²) in [5.41, 5.74) is 6.26. The Bertz CT molecular complexity index is 1260. The van der Waals surface area contributed by atoms with Gasteiger partial charge in [-0.2, -0.15) is 0 Å². The van der Waals surface area contributed by atoms with Gasteiger partial charge in [0.25, 0.3) is 0 Å². The van der Waals surface area contributed by atoms with E-state index in [-0.39, 0.29) is 11.6 Å². The molecule has 0 heterocycles. The van der Waals surface area contributed by atoms with E-state index in [0.717, 1.165) is 34.1 Å². The zero-order valence-electron chi connectivity index (χ0n) is 17.9. The molecule has 158 valence electrons. The van der Waals surface area contributed by atoms with Crippen LogP contribution in [0.3, 0.4) is 0 Å². The van der Waals surface area contributed by atoms with Gasteiger partial charge in [-0.15, -0.1) is 6.42 Å². The van der Waals surface area contributed by atoms with Gasteiger partial charge in [0.15, 0.2) is 0 Å². The molecule has 4 aromatic rings. The maximum absolute atomic E-state index is 13.6. The smallest absolute Gasteiger partial charge is 0.150 e. The second-order valence-electron chi connectivity index (χ2n) is 7.43. The van der Waals surface area contributed by atoms with Gasteiger partial charge in [0.2, 0.25) is 0 Å². The van der Waals surface area contributed by atoms with Crippen molar-refractivity contribution in [2.45, 2.75) is 13.8 Å². The average Bonchev–Trinajstić information content (AvgIpc) is 2.83. The summed E-state index contributed by atoms with van der Waals surface area (Å²) < 4.78 is 27.2. The molecule has 0 saturated heterocycles. The molecule has 0 bridgehead atoms. The molecule has 0 unspecified atom stereocenters. The first kappa shape index (κ1) is 22.7. The number of aryl methyl sites for hydroxylation is 2. The van der Waals surface area contributed by atoms with Gasteiger partial charge in [0.05, 0.1) is 0 Å². The molecule has 0 spiro atoms. The molecule has 0 aromatic heterocycles. The first-order chi connectivity index (χ1) is 15.4. The lowest BCUT2D eigenvalue weighted by Gasteiger charge is -2.04. The Kier molecular flexibility index (Phi) is 7.31. The van der Waals surface area contributed by atoms with Crippen LogP contribution in [0.4, 0.5) is 8.78 Å². The number of aldehydes is 1. The van der Waals surface area contributed by atoms with E-state index >= 15 is 0 Å². The second-order valence-corrected chi connectivity index (χ2v) is 7.43. The van der Waals surface area contributed by atoms with E-state index in [9.17, 15) is 13.6 Å². The zero-order valence-corrected chi connectivity index (χ0v) is 17.9. The van der Waals surface area contributed by atoms with Crippen molar-refractivity contribution < 1.29 is 13.6 Å². The lowest BCUT2D eigenvalue weighted by atomic mass is 10.0. The molecular weight excluding hydrogens is 402 g/mol. The van der Waals surface area contributed by atoms with Crippen LogP contribution in [0.1, 0.15) is 27.0 Å². The van der Waals surface area contributed by atoms with E-state index in [2.05, 4.69) is 5.92 Å². The van der Waals surface area contributed by atoms with Gasteiger partial charge in [-0.1, -0.05) is 65.6 Å². The van der Waals surface area contributed by atoms with Crippen LogP contribution in [0.25, 0.3) is 22.3 Å². The lowest BCUT2D eigenvalue weighted by Crippen LogP contribution is -1.86. The molecule has 0 aliphatic rings. The van der Waals surface area contributed by atoms with Gasteiger partial charge < -0.3 is 0 Å². The Morgan fingerprint density at radius 1 is 0.688 bits per heavy atom. The molecule has 0 amide bonds. The fourth-order valence-electron chi connectivity index (χ4n) is 3.21. The van der Waals surface area contributed by atoms with Gasteiger partial charge in [0.1, 0.15) is 17.9 Å². The van der Waals surface area contributed by atoms with Crippen LogP contribution in [0.15, 0.2) is 84.9 Å². The molecule has 0 N–H and O–H groups in total. The first-order valence-corrected chi connectivity index (χ1v) is 10.1. The van der Waals surface area contributed by atoms with Gasteiger partial charge in [-0.05, 0) is 61.4 Å². The van der Waals surface area contributed by atoms with Crippen molar-refractivity contribution in [1.82, 2.24) is 0 Å². The summed E-state index contributed by atoms with van der Waals surface area (Å²) in [6.45, 7) is 3.86. The topological polar surface area (TPSA) is 17.1 Å². The molecule has 4 aromatic carbocycles. The Labute approximate surface area is 187 Å². The van der Waals surface area contributed by atoms with Crippen molar-refractivity contribution in [3.63, 3.8) is 0 Å². The maximum Gasteiger partial charge on any atom is 0.150 e. The molecule has 0 atom stereocenters. The minimum Gasteiger partial charge on any atom is -0.298 e. The SMILES string of the molecule is C#Cc1ccc(-c2cc(C)ccc2F)cc1.Cc1ccc(F)c(-c2ccc(C=O)cc2)c1. The Hall–Kier alpha value is -4.03. The number of carbonyl (C=O) groups is 1. The number of rotatable bonds is 3. The summed E-state index contributed by atoms with van der Waals surface area (Å²) in [6.07, 6.45) is 6.04. The van der Waals surface area contributed by atoms with Crippen molar-refractivity contribution in [2.24, 2.45) is 0 Å². The highest BCUT2D eigenvalue weighted by Crippen LogP contribution is 2.25. The normalized spacial score (nSPS) is 9.97. The number of benzene rings is 4. The van der Waals surface area contributed by atoms with Crippen LogP contribution in [-0.2, 0) is 0 Å². The average molecular weight is 424 g/mol. The third-order valence-electron chi connectivity index (χ3n) is 4.96. The van der Waals surface area contributed by atoms with Crippen molar-refractivity contribution in [2.75, 3.05) is 0 Å². The highest BCUT2D eigenvalue weighted by molar-refractivity contribution is 5.77. The van der Waals surface area contributed by atoms with Crippen LogP contribution in [0.5, 0.6) is 0 Å². The fraction of sp³-hybridized carbons (Fsp3) is 0.0690. The molecule has 32 heavy (non-hydrogen) atoms. The fourth-order valence-corrected chi connectivity index (χ4v) is 3.21. The molecule has 4 rings (SSSR count). The molecule has 0 radical (unpaired) electrons. The molecule has 0 saturated carbocycles. The standard InChI is InChI=1S/C15H11F.C14H11FO/c1-3-12-5-7-13(8-6-12)14-10-11(2)4-9-15(14)16;1-10-2-7-14(15)13(8-10)12-5-3-11(9-16)4-6-12/h1,4-10H,2H3;2-9H,1H3. The Morgan fingerprint density at radius 2 is 1.12 bits per heavy atom. The largest absolute Gasteiger partial charge is 0.298 e. The minimum atomic E-state index is -0.246. The van der Waals surface area contributed by atoms with Crippen LogP contribution in [0, 0.1) is 37.8 Å². The van der Waals surface area contributed by atoms with Gasteiger partial charge >= 0.3 is 0 Å². The Morgan fingerprint density at radius 3 is 1.53 bits per heavy atom. The summed E-state index contributed by atoms with van der Waals surface area (Å²) in [4.78, 5) is 10.5. The third kappa shape index (κ3) is 5.56. The predicted molar refractivity (Wildman–Crippen MR) is 126 cm³/mol. The number of terminal acetylenes is 1. The summed E-state index contributed by atoms with van der Waals surface area (Å²) in [7, 11) is 0. The van der Waals surface area contributed by atoms with Crippen LogP contribution in [0.2, 0.25) is 0 Å². The van der Waals surface area contributed by atoms with E-state index in [1.807, 2.05) is 44.2 Å². The van der Waals surface area contributed by atoms with Crippen LogP contribution < -0.4 is 0 Å². The quantitative estimate of drug-likeness (QED) is 0.247.